The molecule has 1 N–H and O–H groups in total. The van der Waals surface area contributed by atoms with E-state index < -0.39 is 5.97 Å². The standard InChI is InChI=1S/C15H22N2O3/c1-16(6-5-15(18)19)12-13-3-2-4-14(11-13)17-7-9-20-10-8-17/h2-4,11H,5-10,12H2,1H3,(H,18,19). The number of benzene rings is 1. The minimum atomic E-state index is -0.751. The third-order valence-electron chi connectivity index (χ3n) is 3.45. The van der Waals surface area contributed by atoms with Crippen LogP contribution in [-0.4, -0.2) is 55.9 Å². The maximum atomic E-state index is 10.6. The van der Waals surface area contributed by atoms with Gasteiger partial charge in [-0.1, -0.05) is 12.1 Å². The molecule has 0 saturated carbocycles. The summed E-state index contributed by atoms with van der Waals surface area (Å²) in [5.41, 5.74) is 2.43. The number of nitrogens with zero attached hydrogens (tertiary/aromatic N) is 2. The van der Waals surface area contributed by atoms with Crippen LogP contribution in [0.2, 0.25) is 0 Å². The molecule has 5 nitrogen and oxygen atoms in total. The van der Waals surface area contributed by atoms with Crippen molar-refractivity contribution in [2.75, 3.05) is 44.8 Å². The molecular formula is C15H22N2O3. The predicted molar refractivity (Wildman–Crippen MR) is 78.1 cm³/mol. The van der Waals surface area contributed by atoms with Gasteiger partial charge in [0.05, 0.1) is 19.6 Å². The van der Waals surface area contributed by atoms with Crippen LogP contribution in [0.5, 0.6) is 0 Å². The van der Waals surface area contributed by atoms with Gasteiger partial charge < -0.3 is 19.6 Å². The van der Waals surface area contributed by atoms with E-state index in [-0.39, 0.29) is 6.42 Å². The molecule has 0 bridgehead atoms. The lowest BCUT2D eigenvalue weighted by atomic mass is 10.1. The van der Waals surface area contributed by atoms with Crippen LogP contribution in [0.4, 0.5) is 5.69 Å². The summed E-state index contributed by atoms with van der Waals surface area (Å²) in [6.45, 7) is 4.75. The second-order valence-corrected chi connectivity index (χ2v) is 5.15. The van der Waals surface area contributed by atoms with E-state index in [0.29, 0.717) is 6.54 Å². The zero-order chi connectivity index (χ0) is 14.4. The molecule has 0 aliphatic carbocycles. The molecule has 5 heteroatoms. The van der Waals surface area contributed by atoms with E-state index in [2.05, 4.69) is 29.2 Å². The molecule has 0 aromatic heterocycles. The monoisotopic (exact) mass is 278 g/mol. The highest BCUT2D eigenvalue weighted by atomic mass is 16.5. The smallest absolute Gasteiger partial charge is 0.304 e. The number of hydrogen-bond donors (Lipinski definition) is 1. The van der Waals surface area contributed by atoms with Gasteiger partial charge in [0.25, 0.3) is 0 Å². The van der Waals surface area contributed by atoms with Crippen LogP contribution in [0.15, 0.2) is 24.3 Å². The summed E-state index contributed by atoms with van der Waals surface area (Å²) in [6.07, 6.45) is 0.180. The van der Waals surface area contributed by atoms with Crippen molar-refractivity contribution in [3.05, 3.63) is 29.8 Å². The van der Waals surface area contributed by atoms with E-state index in [1.54, 1.807) is 0 Å². The molecule has 0 unspecified atom stereocenters. The fourth-order valence-corrected chi connectivity index (χ4v) is 2.35. The minimum absolute atomic E-state index is 0.180. The molecule has 2 rings (SSSR count). The summed E-state index contributed by atoms with van der Waals surface area (Å²) >= 11 is 0. The number of morpholine rings is 1. The Labute approximate surface area is 119 Å². The minimum Gasteiger partial charge on any atom is -0.481 e. The number of hydrogen-bond acceptors (Lipinski definition) is 4. The van der Waals surface area contributed by atoms with Crippen molar-refractivity contribution >= 4 is 11.7 Å². The lowest BCUT2D eigenvalue weighted by Crippen LogP contribution is -2.36. The molecule has 0 spiro atoms. The highest BCUT2D eigenvalue weighted by molar-refractivity contribution is 5.66. The van der Waals surface area contributed by atoms with Gasteiger partial charge in [0, 0.05) is 31.9 Å². The number of carboxylic acids is 1. The van der Waals surface area contributed by atoms with Crippen molar-refractivity contribution < 1.29 is 14.6 Å². The fourth-order valence-electron chi connectivity index (χ4n) is 2.35. The van der Waals surface area contributed by atoms with Gasteiger partial charge in [-0.2, -0.15) is 0 Å². The number of ether oxygens (including phenoxy) is 1. The normalized spacial score (nSPS) is 15.6. The van der Waals surface area contributed by atoms with Gasteiger partial charge in [-0.25, -0.2) is 0 Å². The second-order valence-electron chi connectivity index (χ2n) is 5.15. The molecule has 0 amide bonds. The van der Waals surface area contributed by atoms with Gasteiger partial charge in [-0.3, -0.25) is 4.79 Å². The predicted octanol–water partition coefficient (Wildman–Crippen LogP) is 1.43. The Hall–Kier alpha value is -1.59. The number of carboxylic acid groups (broad SMARTS) is 1. The Balaban J connectivity index is 1.93. The SMILES string of the molecule is CN(CCC(=O)O)Cc1cccc(N2CCOCC2)c1. The highest BCUT2D eigenvalue weighted by Gasteiger charge is 2.11. The van der Waals surface area contributed by atoms with Crippen molar-refractivity contribution in [3.63, 3.8) is 0 Å². The van der Waals surface area contributed by atoms with Crippen molar-refractivity contribution in [2.24, 2.45) is 0 Å². The molecule has 1 heterocycles. The third-order valence-corrected chi connectivity index (χ3v) is 3.45. The van der Waals surface area contributed by atoms with E-state index in [9.17, 15) is 4.79 Å². The van der Waals surface area contributed by atoms with E-state index in [1.807, 2.05) is 11.9 Å². The summed E-state index contributed by atoms with van der Waals surface area (Å²) in [4.78, 5) is 14.9. The summed E-state index contributed by atoms with van der Waals surface area (Å²) in [5, 5.41) is 8.70. The topological polar surface area (TPSA) is 53.0 Å². The molecule has 1 aromatic carbocycles. The molecule has 1 aliphatic heterocycles. The Bertz CT molecular complexity index is 444. The van der Waals surface area contributed by atoms with Crippen molar-refractivity contribution in [1.29, 1.82) is 0 Å². The van der Waals surface area contributed by atoms with Crippen molar-refractivity contribution in [1.82, 2.24) is 4.90 Å². The molecular weight excluding hydrogens is 256 g/mol. The van der Waals surface area contributed by atoms with Crippen LogP contribution in [0.1, 0.15) is 12.0 Å². The van der Waals surface area contributed by atoms with Crippen LogP contribution >= 0.6 is 0 Å². The van der Waals surface area contributed by atoms with Gasteiger partial charge in [-0.05, 0) is 24.7 Å². The first-order valence-electron chi connectivity index (χ1n) is 6.97. The zero-order valence-electron chi connectivity index (χ0n) is 11.9. The van der Waals surface area contributed by atoms with Crippen LogP contribution < -0.4 is 4.90 Å². The van der Waals surface area contributed by atoms with Gasteiger partial charge >= 0.3 is 5.97 Å². The van der Waals surface area contributed by atoms with Gasteiger partial charge in [0.1, 0.15) is 0 Å². The zero-order valence-corrected chi connectivity index (χ0v) is 11.9. The molecule has 0 radical (unpaired) electrons. The maximum absolute atomic E-state index is 10.6. The molecule has 110 valence electrons. The van der Waals surface area contributed by atoms with E-state index in [4.69, 9.17) is 9.84 Å². The quantitative estimate of drug-likeness (QED) is 0.853. The summed E-state index contributed by atoms with van der Waals surface area (Å²) in [5.74, 6) is -0.751. The Morgan fingerprint density at radius 1 is 1.40 bits per heavy atom. The average molecular weight is 278 g/mol. The largest absolute Gasteiger partial charge is 0.481 e. The Morgan fingerprint density at radius 2 is 2.15 bits per heavy atom. The van der Waals surface area contributed by atoms with Crippen LogP contribution in [0.25, 0.3) is 0 Å². The second kappa shape index (κ2) is 7.26. The third kappa shape index (κ3) is 4.51. The molecule has 1 fully saturated rings. The molecule has 20 heavy (non-hydrogen) atoms. The van der Waals surface area contributed by atoms with E-state index in [0.717, 1.165) is 32.8 Å². The lowest BCUT2D eigenvalue weighted by molar-refractivity contribution is -0.137. The van der Waals surface area contributed by atoms with Crippen LogP contribution in [-0.2, 0) is 16.1 Å². The first-order valence-corrected chi connectivity index (χ1v) is 6.97. The lowest BCUT2D eigenvalue weighted by Gasteiger charge is -2.29. The van der Waals surface area contributed by atoms with Crippen LogP contribution in [0, 0.1) is 0 Å². The van der Waals surface area contributed by atoms with Crippen molar-refractivity contribution in [3.8, 4) is 0 Å². The number of anilines is 1. The summed E-state index contributed by atoms with van der Waals surface area (Å²) in [7, 11) is 1.95. The number of rotatable bonds is 6. The van der Waals surface area contributed by atoms with Gasteiger partial charge in [-0.15, -0.1) is 0 Å². The molecule has 0 atom stereocenters. The van der Waals surface area contributed by atoms with Crippen molar-refractivity contribution in [2.45, 2.75) is 13.0 Å². The highest BCUT2D eigenvalue weighted by Crippen LogP contribution is 2.18. The Kier molecular flexibility index (Phi) is 5.38. The number of carbonyl (C=O) groups is 1. The van der Waals surface area contributed by atoms with Crippen LogP contribution in [0.3, 0.4) is 0 Å². The molecule has 1 aliphatic rings. The first-order chi connectivity index (χ1) is 9.65. The first kappa shape index (κ1) is 14.8. The molecule has 1 aromatic rings. The summed E-state index contributed by atoms with van der Waals surface area (Å²) < 4.78 is 5.36. The maximum Gasteiger partial charge on any atom is 0.304 e. The van der Waals surface area contributed by atoms with Gasteiger partial charge in [0.15, 0.2) is 0 Å². The summed E-state index contributed by atoms with van der Waals surface area (Å²) in [6, 6.07) is 8.45. The average Bonchev–Trinajstić information content (AvgIpc) is 2.46. The fraction of sp³-hybridized carbons (Fsp3) is 0.533. The van der Waals surface area contributed by atoms with E-state index in [1.165, 1.54) is 11.3 Å². The Morgan fingerprint density at radius 3 is 2.85 bits per heavy atom. The molecule has 1 saturated heterocycles. The van der Waals surface area contributed by atoms with Gasteiger partial charge in [0.2, 0.25) is 0 Å². The number of aliphatic carboxylic acids is 1. The van der Waals surface area contributed by atoms with E-state index >= 15 is 0 Å².